The largest absolute Gasteiger partial charge is 0.382 e. The number of aryl methyl sites for hydroxylation is 2. The molecule has 2 aromatic heterocycles. The second-order valence-corrected chi connectivity index (χ2v) is 2.91. The number of hydrogen-bond acceptors (Lipinski definition) is 5. The predicted octanol–water partition coefficient (Wildman–Crippen LogP) is 0.163. The van der Waals surface area contributed by atoms with Gasteiger partial charge in [0.15, 0.2) is 5.82 Å². The molecule has 0 saturated carbocycles. The second kappa shape index (κ2) is 3.06. The summed E-state index contributed by atoms with van der Waals surface area (Å²) >= 11 is 0. The van der Waals surface area contributed by atoms with Crippen molar-refractivity contribution in [2.45, 2.75) is 6.92 Å². The first-order chi connectivity index (χ1) is 6.68. The number of anilines is 1. The number of nitrogen functional groups attached to an aromatic ring is 1. The highest BCUT2D eigenvalue weighted by atomic mass is 15.5. The number of nitrogens with zero attached hydrogens (tertiary/aromatic N) is 5. The monoisotopic (exact) mass is 190 g/mol. The maximum absolute atomic E-state index is 5.68. The summed E-state index contributed by atoms with van der Waals surface area (Å²) < 4.78 is 0. The molecular weight excluding hydrogens is 180 g/mol. The highest BCUT2D eigenvalue weighted by molar-refractivity contribution is 5.67. The van der Waals surface area contributed by atoms with Crippen molar-refractivity contribution in [3.63, 3.8) is 0 Å². The summed E-state index contributed by atoms with van der Waals surface area (Å²) in [6.45, 7) is 1.86. The summed E-state index contributed by atoms with van der Waals surface area (Å²) in [5.74, 6) is 0.371. The summed E-state index contributed by atoms with van der Waals surface area (Å²) in [6, 6.07) is 0. The lowest BCUT2D eigenvalue weighted by Gasteiger charge is -1.98. The van der Waals surface area contributed by atoms with Gasteiger partial charge in [0.2, 0.25) is 0 Å². The number of rotatable bonds is 1. The van der Waals surface area contributed by atoms with Crippen molar-refractivity contribution in [2.24, 2.45) is 7.05 Å². The lowest BCUT2D eigenvalue weighted by molar-refractivity contribution is 0.650. The first-order valence-electron chi connectivity index (χ1n) is 4.13. The zero-order valence-corrected chi connectivity index (χ0v) is 7.97. The summed E-state index contributed by atoms with van der Waals surface area (Å²) in [4.78, 5) is 9.55. The SMILES string of the molecule is Cc1nn(C)nc1-c1nccnc1N. The molecule has 0 aliphatic carbocycles. The molecule has 0 fully saturated rings. The molecule has 6 heteroatoms. The van der Waals surface area contributed by atoms with E-state index in [1.807, 2.05) is 6.92 Å². The zero-order chi connectivity index (χ0) is 10.1. The molecule has 14 heavy (non-hydrogen) atoms. The third kappa shape index (κ3) is 1.30. The molecule has 0 aliphatic rings. The molecule has 0 bridgehead atoms. The fourth-order valence-corrected chi connectivity index (χ4v) is 1.25. The van der Waals surface area contributed by atoms with Crippen molar-refractivity contribution in [3.05, 3.63) is 18.1 Å². The summed E-state index contributed by atoms with van der Waals surface area (Å²) in [5.41, 5.74) is 7.73. The fraction of sp³-hybridized carbons (Fsp3) is 0.250. The van der Waals surface area contributed by atoms with Crippen LogP contribution >= 0.6 is 0 Å². The van der Waals surface area contributed by atoms with E-state index in [0.29, 0.717) is 17.2 Å². The molecule has 72 valence electrons. The summed E-state index contributed by atoms with van der Waals surface area (Å²) in [6.07, 6.45) is 3.13. The quantitative estimate of drug-likeness (QED) is 0.692. The van der Waals surface area contributed by atoms with E-state index in [1.54, 1.807) is 19.4 Å². The van der Waals surface area contributed by atoms with Gasteiger partial charge in [-0.15, -0.1) is 0 Å². The first-order valence-corrected chi connectivity index (χ1v) is 4.13. The third-order valence-electron chi connectivity index (χ3n) is 1.83. The standard InChI is InChI=1S/C8H10N6/c1-5-6(13-14(2)12-5)7-8(9)11-4-3-10-7/h3-4H,1-2H3,(H2,9,11). The van der Waals surface area contributed by atoms with Crippen molar-refractivity contribution in [2.75, 3.05) is 5.73 Å². The number of nitrogens with two attached hydrogens (primary N) is 1. The van der Waals surface area contributed by atoms with Crippen LogP contribution in [0, 0.1) is 6.92 Å². The molecule has 2 rings (SSSR count). The maximum Gasteiger partial charge on any atom is 0.151 e. The van der Waals surface area contributed by atoms with E-state index >= 15 is 0 Å². The van der Waals surface area contributed by atoms with Crippen molar-refractivity contribution in [3.8, 4) is 11.4 Å². The van der Waals surface area contributed by atoms with Gasteiger partial charge in [-0.3, -0.25) is 0 Å². The van der Waals surface area contributed by atoms with Gasteiger partial charge in [-0.2, -0.15) is 15.0 Å². The highest BCUT2D eigenvalue weighted by Gasteiger charge is 2.12. The van der Waals surface area contributed by atoms with Crippen molar-refractivity contribution < 1.29 is 0 Å². The van der Waals surface area contributed by atoms with Crippen LogP contribution in [0.5, 0.6) is 0 Å². The van der Waals surface area contributed by atoms with Gasteiger partial charge < -0.3 is 5.73 Å². The molecule has 0 aromatic carbocycles. The van der Waals surface area contributed by atoms with E-state index < -0.39 is 0 Å². The molecule has 6 nitrogen and oxygen atoms in total. The zero-order valence-electron chi connectivity index (χ0n) is 7.97. The van der Waals surface area contributed by atoms with Crippen LogP contribution in [0.4, 0.5) is 5.82 Å². The van der Waals surface area contributed by atoms with Crippen molar-refractivity contribution in [1.29, 1.82) is 0 Å². The van der Waals surface area contributed by atoms with Crippen molar-refractivity contribution in [1.82, 2.24) is 25.0 Å². The van der Waals surface area contributed by atoms with Crippen LogP contribution in [0.3, 0.4) is 0 Å². The average Bonchev–Trinajstić information content (AvgIpc) is 2.46. The van der Waals surface area contributed by atoms with Crippen LogP contribution in [-0.4, -0.2) is 25.0 Å². The van der Waals surface area contributed by atoms with E-state index in [2.05, 4.69) is 20.2 Å². The maximum atomic E-state index is 5.68. The third-order valence-corrected chi connectivity index (χ3v) is 1.83. The summed E-state index contributed by atoms with van der Waals surface area (Å²) in [7, 11) is 1.75. The minimum absolute atomic E-state index is 0.371. The van der Waals surface area contributed by atoms with E-state index in [0.717, 1.165) is 5.69 Å². The smallest absolute Gasteiger partial charge is 0.151 e. The van der Waals surface area contributed by atoms with E-state index in [4.69, 9.17) is 5.73 Å². The van der Waals surface area contributed by atoms with Gasteiger partial charge >= 0.3 is 0 Å². The molecule has 0 spiro atoms. The van der Waals surface area contributed by atoms with Gasteiger partial charge in [0.1, 0.15) is 11.4 Å². The number of aromatic nitrogens is 5. The molecule has 0 amide bonds. The minimum Gasteiger partial charge on any atom is -0.382 e. The van der Waals surface area contributed by atoms with E-state index in [9.17, 15) is 0 Å². The Hall–Kier alpha value is -1.98. The van der Waals surface area contributed by atoms with E-state index in [-0.39, 0.29) is 0 Å². The highest BCUT2D eigenvalue weighted by Crippen LogP contribution is 2.20. The van der Waals surface area contributed by atoms with Crippen LogP contribution in [-0.2, 0) is 7.05 Å². The molecular formula is C8H10N6. The Morgan fingerprint density at radius 2 is 1.86 bits per heavy atom. The molecule has 0 atom stereocenters. The van der Waals surface area contributed by atoms with Gasteiger partial charge in [0.25, 0.3) is 0 Å². The lowest BCUT2D eigenvalue weighted by Crippen LogP contribution is -1.98. The second-order valence-electron chi connectivity index (χ2n) is 2.91. The first kappa shape index (κ1) is 8.61. The molecule has 2 N–H and O–H groups in total. The minimum atomic E-state index is 0.371. The van der Waals surface area contributed by atoms with Crippen LogP contribution in [0.2, 0.25) is 0 Å². The predicted molar refractivity (Wildman–Crippen MR) is 51.2 cm³/mol. The Morgan fingerprint density at radius 3 is 2.43 bits per heavy atom. The molecule has 0 radical (unpaired) electrons. The molecule has 0 saturated heterocycles. The molecule has 2 heterocycles. The van der Waals surface area contributed by atoms with Gasteiger partial charge in [0, 0.05) is 19.4 Å². The summed E-state index contributed by atoms with van der Waals surface area (Å²) in [5, 5.41) is 8.28. The Bertz CT molecular complexity index is 461. The van der Waals surface area contributed by atoms with Gasteiger partial charge in [0.05, 0.1) is 5.69 Å². The van der Waals surface area contributed by atoms with Crippen LogP contribution < -0.4 is 5.73 Å². The normalized spacial score (nSPS) is 10.4. The molecule has 0 unspecified atom stereocenters. The molecule has 2 aromatic rings. The van der Waals surface area contributed by atoms with Gasteiger partial charge in [-0.1, -0.05) is 0 Å². The average molecular weight is 190 g/mol. The van der Waals surface area contributed by atoms with Crippen LogP contribution in [0.1, 0.15) is 5.69 Å². The topological polar surface area (TPSA) is 82.5 Å². The molecule has 0 aliphatic heterocycles. The van der Waals surface area contributed by atoms with Crippen LogP contribution in [0.25, 0.3) is 11.4 Å². The van der Waals surface area contributed by atoms with Gasteiger partial charge in [-0.05, 0) is 6.92 Å². The van der Waals surface area contributed by atoms with Crippen molar-refractivity contribution >= 4 is 5.82 Å². The number of hydrogen-bond donors (Lipinski definition) is 1. The van der Waals surface area contributed by atoms with Crippen LogP contribution in [0.15, 0.2) is 12.4 Å². The Kier molecular flexibility index (Phi) is 1.88. The fourth-order valence-electron chi connectivity index (χ4n) is 1.25. The lowest BCUT2D eigenvalue weighted by atomic mass is 10.2. The van der Waals surface area contributed by atoms with Gasteiger partial charge in [-0.25, -0.2) is 9.97 Å². The Labute approximate surface area is 80.8 Å². The Balaban J connectivity index is 2.60. The Morgan fingerprint density at radius 1 is 1.14 bits per heavy atom. The van der Waals surface area contributed by atoms with E-state index in [1.165, 1.54) is 4.80 Å².